The Morgan fingerprint density at radius 1 is 0.435 bits per heavy atom. The summed E-state index contributed by atoms with van der Waals surface area (Å²) >= 11 is 7.30. The Hall–Kier alpha value is -1.20. The molecule has 0 fully saturated rings. The second-order valence-corrected chi connectivity index (χ2v) is 16.9. The molecular formula is C48H100N4O8S2. The van der Waals surface area contributed by atoms with Crippen LogP contribution in [0, 0.1) is 0 Å². The van der Waals surface area contributed by atoms with Crippen molar-refractivity contribution in [2.45, 2.75) is 231 Å². The van der Waals surface area contributed by atoms with Crippen LogP contribution in [0.25, 0.3) is 0 Å². The number of hydrogen-bond acceptors (Lipinski definition) is 12. The van der Waals surface area contributed by atoms with Crippen molar-refractivity contribution < 1.29 is 40.2 Å². The number of thiol groups is 2. The van der Waals surface area contributed by atoms with Crippen molar-refractivity contribution in [2.24, 2.45) is 11.5 Å². The first-order valence-electron chi connectivity index (χ1n) is 24.5. The van der Waals surface area contributed by atoms with E-state index < -0.39 is 36.6 Å². The molecule has 14 heteroatoms. The molecule has 0 saturated heterocycles. The molecule has 0 aromatic heterocycles. The third-order valence-electron chi connectivity index (χ3n) is 9.91. The number of hydrogen-bond donors (Lipinski definition) is 12. The average Bonchev–Trinajstić information content (AvgIpc) is 3.25. The largest absolute Gasteiger partial charge is 0.480 e. The minimum Gasteiger partial charge on any atom is -0.480 e. The van der Waals surface area contributed by atoms with Gasteiger partial charge in [-0.25, -0.2) is 0 Å². The first-order valence-corrected chi connectivity index (χ1v) is 25.8. The van der Waals surface area contributed by atoms with Gasteiger partial charge in [-0.15, -0.1) is 0 Å². The van der Waals surface area contributed by atoms with Gasteiger partial charge in [0.2, 0.25) is 0 Å². The van der Waals surface area contributed by atoms with Crippen molar-refractivity contribution in [1.29, 1.82) is 0 Å². The van der Waals surface area contributed by atoms with Crippen LogP contribution in [0.15, 0.2) is 24.3 Å². The molecule has 0 aliphatic heterocycles. The molecule has 0 aliphatic carbocycles. The lowest BCUT2D eigenvalue weighted by molar-refractivity contribution is -0.138. The number of carbonyl (C=O) groups is 2. The molecule has 2 atom stereocenters. The van der Waals surface area contributed by atoms with E-state index in [0.717, 1.165) is 25.9 Å². The second-order valence-electron chi connectivity index (χ2n) is 16.2. The summed E-state index contributed by atoms with van der Waals surface area (Å²) < 4.78 is 0. The van der Waals surface area contributed by atoms with Crippen molar-refractivity contribution in [2.75, 3.05) is 37.7 Å². The summed E-state index contributed by atoms with van der Waals surface area (Å²) in [5, 5.41) is 56.8. The standard InChI is InChI=1S/2C21H43NO2.2C3H7NO2S/c2*1-2-3-4-5-6-7-8-9-10-11-12-13-14-15-16-17-18-19-22-20-21(23)24;2*4-2(1-7)3(5)6/h2*9-10,21-24H,2-8,11-20H2,1H3;2*2,7H,1,4H2,(H,5,6)/t;;2*2-/m..00/s1. The fourth-order valence-electron chi connectivity index (χ4n) is 5.97. The van der Waals surface area contributed by atoms with Gasteiger partial charge in [-0.1, -0.05) is 167 Å². The fraction of sp³-hybridized carbons (Fsp3) is 0.875. The topological polar surface area (TPSA) is 232 Å². The van der Waals surface area contributed by atoms with Gasteiger partial charge in [0.05, 0.1) is 0 Å². The van der Waals surface area contributed by atoms with Gasteiger partial charge in [0.1, 0.15) is 12.1 Å². The molecule has 0 bridgehead atoms. The molecule has 0 unspecified atom stereocenters. The van der Waals surface area contributed by atoms with E-state index in [1.165, 1.54) is 180 Å². The maximum atomic E-state index is 9.76. The minimum atomic E-state index is -1.22. The van der Waals surface area contributed by atoms with E-state index in [2.05, 4.69) is 74.0 Å². The molecule has 0 saturated carbocycles. The van der Waals surface area contributed by atoms with E-state index in [1.54, 1.807) is 0 Å². The number of carboxylic acid groups (broad SMARTS) is 2. The van der Waals surface area contributed by atoms with Crippen molar-refractivity contribution >= 4 is 37.2 Å². The highest BCUT2D eigenvalue weighted by Crippen LogP contribution is 2.12. The zero-order valence-electron chi connectivity index (χ0n) is 39.6. The van der Waals surface area contributed by atoms with Gasteiger partial charge >= 0.3 is 11.9 Å². The highest BCUT2D eigenvalue weighted by Gasteiger charge is 2.07. The van der Waals surface area contributed by atoms with E-state index in [4.69, 9.17) is 42.1 Å². The molecule has 12 nitrogen and oxygen atoms in total. The van der Waals surface area contributed by atoms with Crippen LogP contribution < -0.4 is 22.1 Å². The number of allylic oxidation sites excluding steroid dienone is 4. The van der Waals surface area contributed by atoms with Crippen molar-refractivity contribution in [3.63, 3.8) is 0 Å². The molecule has 0 heterocycles. The second kappa shape index (κ2) is 59.8. The molecule has 0 radical (unpaired) electrons. The van der Waals surface area contributed by atoms with Gasteiger partial charge in [0, 0.05) is 24.6 Å². The summed E-state index contributed by atoms with van der Waals surface area (Å²) in [5.74, 6) is -1.63. The summed E-state index contributed by atoms with van der Waals surface area (Å²) in [5.41, 5.74) is 9.88. The lowest BCUT2D eigenvalue weighted by Crippen LogP contribution is -2.31. The molecule has 0 rings (SSSR count). The third kappa shape index (κ3) is 70.5. The number of carboxylic acids is 2. The molecule has 0 aromatic carbocycles. The van der Waals surface area contributed by atoms with Crippen LogP contribution in [0.5, 0.6) is 0 Å². The van der Waals surface area contributed by atoms with Crippen LogP contribution in [0.3, 0.4) is 0 Å². The Labute approximate surface area is 391 Å². The van der Waals surface area contributed by atoms with Crippen LogP contribution >= 0.6 is 25.3 Å². The number of aliphatic hydroxyl groups is 4. The van der Waals surface area contributed by atoms with Crippen LogP contribution in [0.2, 0.25) is 0 Å². The minimum absolute atomic E-state index is 0.190. The van der Waals surface area contributed by atoms with Crippen LogP contribution in [0.1, 0.15) is 206 Å². The number of nitrogens with one attached hydrogen (secondary N) is 2. The number of nitrogens with two attached hydrogens (primary N) is 2. The molecule has 0 aliphatic rings. The number of aliphatic carboxylic acids is 2. The summed E-state index contributed by atoms with van der Waals surface area (Å²) in [6.07, 6.45) is 47.0. The summed E-state index contributed by atoms with van der Waals surface area (Å²) in [7, 11) is 0. The predicted octanol–water partition coefficient (Wildman–Crippen LogP) is 9.28. The molecule has 0 aromatic rings. The maximum absolute atomic E-state index is 9.76. The van der Waals surface area contributed by atoms with Crippen molar-refractivity contribution in [3.05, 3.63) is 24.3 Å². The Kier molecular flexibility index (Phi) is 65.0. The molecule has 12 N–H and O–H groups in total. The SMILES string of the molecule is CCCCCCCCC=CCCCCCCCCCNCC(O)O.CCCCCCCCC=CCCCCCCCCCNCC(O)O.N[C@@H](CS)C(=O)O.N[C@@H](CS)C(=O)O. The molecule has 0 amide bonds. The summed E-state index contributed by atoms with van der Waals surface area (Å²) in [4.78, 5) is 19.5. The highest BCUT2D eigenvalue weighted by molar-refractivity contribution is 7.80. The van der Waals surface area contributed by atoms with E-state index in [0.29, 0.717) is 0 Å². The van der Waals surface area contributed by atoms with E-state index in [9.17, 15) is 9.59 Å². The van der Waals surface area contributed by atoms with Gasteiger partial charge in [-0.2, -0.15) is 25.3 Å². The van der Waals surface area contributed by atoms with Gasteiger partial charge in [-0.05, 0) is 77.3 Å². The van der Waals surface area contributed by atoms with Gasteiger partial charge in [-0.3, -0.25) is 9.59 Å². The first kappa shape index (κ1) is 67.4. The molecule has 372 valence electrons. The molecular weight excluding hydrogens is 825 g/mol. The van der Waals surface area contributed by atoms with Crippen molar-refractivity contribution in [3.8, 4) is 0 Å². The van der Waals surface area contributed by atoms with E-state index in [1.807, 2.05) is 0 Å². The zero-order valence-corrected chi connectivity index (χ0v) is 41.4. The van der Waals surface area contributed by atoms with Gasteiger partial charge < -0.3 is 52.7 Å². The Morgan fingerprint density at radius 2 is 0.661 bits per heavy atom. The van der Waals surface area contributed by atoms with Crippen LogP contribution in [-0.4, -0.2) is 105 Å². The Morgan fingerprint density at radius 3 is 0.855 bits per heavy atom. The number of aliphatic hydroxyl groups excluding tert-OH is 2. The van der Waals surface area contributed by atoms with Gasteiger partial charge in [0.15, 0.2) is 12.6 Å². The number of rotatable bonds is 42. The third-order valence-corrected chi connectivity index (χ3v) is 10.7. The zero-order chi connectivity index (χ0) is 47.2. The fourth-order valence-corrected chi connectivity index (χ4v) is 6.28. The number of unbranched alkanes of at least 4 members (excludes halogenated alkanes) is 26. The summed E-state index contributed by atoms with van der Waals surface area (Å²) in [6, 6.07) is -1.63. The smallest absolute Gasteiger partial charge is 0.321 e. The Bertz CT molecular complexity index is 864. The highest BCUT2D eigenvalue weighted by atomic mass is 32.1. The van der Waals surface area contributed by atoms with Crippen LogP contribution in [0.4, 0.5) is 0 Å². The first-order chi connectivity index (χ1) is 29.9. The lowest BCUT2D eigenvalue weighted by atomic mass is 10.1. The van der Waals surface area contributed by atoms with E-state index >= 15 is 0 Å². The normalized spacial score (nSPS) is 12.2. The van der Waals surface area contributed by atoms with Crippen LogP contribution in [-0.2, 0) is 9.59 Å². The summed E-state index contributed by atoms with van der Waals surface area (Å²) in [6.45, 7) is 6.89. The average molecular weight is 925 g/mol. The molecule has 62 heavy (non-hydrogen) atoms. The predicted molar refractivity (Wildman–Crippen MR) is 269 cm³/mol. The molecule has 0 spiro atoms. The monoisotopic (exact) mass is 925 g/mol. The van der Waals surface area contributed by atoms with E-state index in [-0.39, 0.29) is 24.6 Å². The van der Waals surface area contributed by atoms with Crippen molar-refractivity contribution in [1.82, 2.24) is 10.6 Å². The maximum Gasteiger partial charge on any atom is 0.321 e. The Balaban J connectivity index is -0.000000414. The quantitative estimate of drug-likeness (QED) is 0.0119. The lowest BCUT2D eigenvalue weighted by Gasteiger charge is -2.05. The van der Waals surface area contributed by atoms with Gasteiger partial charge in [0.25, 0.3) is 0 Å².